The molecule has 2 aromatic heterocycles. The average molecular weight is 485 g/mol. The van der Waals surface area contributed by atoms with Gasteiger partial charge in [-0.1, -0.05) is 36.4 Å². The first-order valence-electron chi connectivity index (χ1n) is 10.8. The van der Waals surface area contributed by atoms with Gasteiger partial charge in [-0.3, -0.25) is 19.2 Å². The molecule has 2 aromatic carbocycles. The number of amides is 2. The van der Waals surface area contributed by atoms with Gasteiger partial charge in [0, 0.05) is 17.8 Å². The van der Waals surface area contributed by atoms with Crippen LogP contribution in [0.1, 0.15) is 37.7 Å². The van der Waals surface area contributed by atoms with Gasteiger partial charge in [0.05, 0.1) is 42.3 Å². The van der Waals surface area contributed by atoms with Gasteiger partial charge >= 0.3 is 5.92 Å². The Morgan fingerprint density at radius 1 is 1.03 bits per heavy atom. The van der Waals surface area contributed by atoms with E-state index in [1.165, 1.54) is 46.1 Å². The second-order valence-electron chi connectivity index (χ2n) is 7.93. The topological polar surface area (TPSA) is 117 Å². The molecule has 1 aliphatic rings. The molecule has 0 fully saturated rings. The lowest BCUT2D eigenvalue weighted by Crippen LogP contribution is -2.42. The van der Waals surface area contributed by atoms with Crippen LogP contribution >= 0.6 is 0 Å². The smallest absolute Gasteiger partial charge is 0.316 e. The Bertz CT molecular complexity index is 1500. The summed E-state index contributed by atoms with van der Waals surface area (Å²) in [6.45, 7) is 0.434. The number of carbonyl (C=O) groups is 2. The number of nitrogens with one attached hydrogen (secondary N) is 1. The Kier molecular flexibility index (Phi) is 5.69. The standard InChI is InChI=1S/C25H17F2N7O2/c26-25(27,17-6-2-1-3-7-17)20-14-30-21(15-29-20)33-9-10-34-22(24(33)36)19(13-31-34)23(35)32-18-8-4-5-16(11-18)12-28/h1-8,11,13-15H,9-10H2,(H,32,35). The number of anilines is 2. The maximum Gasteiger partial charge on any atom is 0.316 e. The lowest BCUT2D eigenvalue weighted by Gasteiger charge is -2.27. The van der Waals surface area contributed by atoms with E-state index in [9.17, 15) is 18.4 Å². The van der Waals surface area contributed by atoms with Crippen LogP contribution < -0.4 is 10.2 Å². The van der Waals surface area contributed by atoms with Crippen LogP contribution in [0.2, 0.25) is 0 Å². The van der Waals surface area contributed by atoms with Crippen molar-refractivity contribution in [2.45, 2.75) is 12.5 Å². The number of rotatable bonds is 5. The minimum absolute atomic E-state index is 0.0345. The lowest BCUT2D eigenvalue weighted by molar-refractivity contribution is 0.0376. The first-order chi connectivity index (χ1) is 17.4. The number of halogens is 2. The zero-order valence-corrected chi connectivity index (χ0v) is 18.6. The summed E-state index contributed by atoms with van der Waals surface area (Å²) in [5.41, 5.74) is 0.0578. The minimum atomic E-state index is -3.36. The number of hydrogen-bond donors (Lipinski definition) is 1. The van der Waals surface area contributed by atoms with Crippen molar-refractivity contribution >= 4 is 23.3 Å². The lowest BCUT2D eigenvalue weighted by atomic mass is 10.1. The van der Waals surface area contributed by atoms with Crippen molar-refractivity contribution in [2.75, 3.05) is 16.8 Å². The van der Waals surface area contributed by atoms with Gasteiger partial charge in [0.25, 0.3) is 11.8 Å². The fourth-order valence-corrected chi connectivity index (χ4v) is 3.87. The van der Waals surface area contributed by atoms with E-state index in [2.05, 4.69) is 20.4 Å². The molecule has 0 unspecified atom stereocenters. The van der Waals surface area contributed by atoms with Gasteiger partial charge in [-0.05, 0) is 18.2 Å². The third kappa shape index (κ3) is 4.05. The molecule has 178 valence electrons. The summed E-state index contributed by atoms with van der Waals surface area (Å²) in [6, 6.07) is 15.6. The van der Waals surface area contributed by atoms with E-state index in [1.807, 2.05) is 6.07 Å². The van der Waals surface area contributed by atoms with Gasteiger partial charge in [-0.2, -0.15) is 19.1 Å². The van der Waals surface area contributed by atoms with Crippen LogP contribution in [0.15, 0.2) is 73.2 Å². The van der Waals surface area contributed by atoms with Crippen LogP contribution in [0, 0.1) is 11.3 Å². The highest BCUT2D eigenvalue weighted by Gasteiger charge is 2.37. The van der Waals surface area contributed by atoms with Crippen molar-refractivity contribution in [3.63, 3.8) is 0 Å². The molecule has 0 saturated carbocycles. The number of alkyl halides is 2. The van der Waals surface area contributed by atoms with Crippen LogP contribution in [-0.4, -0.2) is 38.1 Å². The predicted octanol–water partition coefficient (Wildman–Crippen LogP) is 3.60. The fraction of sp³-hybridized carbons (Fsp3) is 0.120. The van der Waals surface area contributed by atoms with Gasteiger partial charge in [0.2, 0.25) is 0 Å². The zero-order chi connectivity index (χ0) is 25.3. The zero-order valence-electron chi connectivity index (χ0n) is 18.6. The van der Waals surface area contributed by atoms with E-state index in [-0.39, 0.29) is 35.7 Å². The quantitative estimate of drug-likeness (QED) is 0.462. The van der Waals surface area contributed by atoms with Crippen molar-refractivity contribution < 1.29 is 18.4 Å². The Morgan fingerprint density at radius 3 is 2.56 bits per heavy atom. The highest BCUT2D eigenvalue weighted by atomic mass is 19.3. The molecule has 0 radical (unpaired) electrons. The second kappa shape index (κ2) is 8.99. The van der Waals surface area contributed by atoms with E-state index in [1.54, 1.807) is 24.3 Å². The molecular formula is C25H17F2N7O2. The molecule has 1 aliphatic heterocycles. The second-order valence-corrected chi connectivity index (χ2v) is 7.93. The van der Waals surface area contributed by atoms with E-state index in [4.69, 9.17) is 5.26 Å². The van der Waals surface area contributed by atoms with E-state index >= 15 is 0 Å². The van der Waals surface area contributed by atoms with E-state index in [0.29, 0.717) is 11.3 Å². The van der Waals surface area contributed by atoms with Crippen molar-refractivity contribution in [1.29, 1.82) is 5.26 Å². The molecule has 0 atom stereocenters. The number of carbonyl (C=O) groups excluding carboxylic acids is 2. The molecule has 3 heterocycles. The first-order valence-corrected chi connectivity index (χ1v) is 10.8. The highest BCUT2D eigenvalue weighted by molar-refractivity contribution is 6.15. The average Bonchev–Trinajstić information content (AvgIpc) is 3.35. The van der Waals surface area contributed by atoms with Crippen LogP contribution in [-0.2, 0) is 12.5 Å². The van der Waals surface area contributed by atoms with Gasteiger partial charge in [-0.25, -0.2) is 9.97 Å². The molecule has 36 heavy (non-hydrogen) atoms. The number of nitrogens with zero attached hydrogens (tertiary/aromatic N) is 6. The summed E-state index contributed by atoms with van der Waals surface area (Å²) in [5.74, 6) is -4.42. The Hall–Kier alpha value is -4.98. The molecule has 0 bridgehead atoms. The van der Waals surface area contributed by atoms with Crippen LogP contribution in [0.25, 0.3) is 0 Å². The maximum absolute atomic E-state index is 14.8. The number of fused-ring (bicyclic) bond motifs is 1. The Morgan fingerprint density at radius 2 is 1.83 bits per heavy atom. The summed E-state index contributed by atoms with van der Waals surface area (Å²) in [7, 11) is 0. The summed E-state index contributed by atoms with van der Waals surface area (Å²) in [6.07, 6.45) is 3.34. The molecule has 4 aromatic rings. The molecule has 0 saturated heterocycles. The van der Waals surface area contributed by atoms with Crippen LogP contribution in [0.5, 0.6) is 0 Å². The summed E-state index contributed by atoms with van der Waals surface area (Å²) in [5, 5.41) is 15.8. The third-order valence-electron chi connectivity index (χ3n) is 5.69. The summed E-state index contributed by atoms with van der Waals surface area (Å²) in [4.78, 5) is 35.4. The van der Waals surface area contributed by atoms with E-state index < -0.39 is 23.4 Å². The van der Waals surface area contributed by atoms with Crippen molar-refractivity contribution in [3.05, 3.63) is 101 Å². The molecule has 0 spiro atoms. The van der Waals surface area contributed by atoms with Crippen LogP contribution in [0.4, 0.5) is 20.3 Å². The van der Waals surface area contributed by atoms with E-state index in [0.717, 1.165) is 12.4 Å². The highest BCUT2D eigenvalue weighted by Crippen LogP contribution is 2.34. The molecule has 9 nitrogen and oxygen atoms in total. The molecular weight excluding hydrogens is 468 g/mol. The van der Waals surface area contributed by atoms with Gasteiger partial charge in [-0.15, -0.1) is 0 Å². The normalized spacial score (nSPS) is 13.1. The Labute approximate surface area is 203 Å². The molecule has 11 heteroatoms. The van der Waals surface area contributed by atoms with Crippen molar-refractivity contribution in [3.8, 4) is 6.07 Å². The summed E-state index contributed by atoms with van der Waals surface area (Å²) < 4.78 is 31.0. The number of benzene rings is 2. The SMILES string of the molecule is N#Cc1cccc(NC(=O)c2cnn3c2C(=O)N(c2cnc(C(F)(F)c4ccccc4)cn2)CC3)c1. The van der Waals surface area contributed by atoms with Gasteiger partial charge in [0.1, 0.15) is 11.4 Å². The predicted molar refractivity (Wildman–Crippen MR) is 124 cm³/mol. The molecule has 1 N–H and O–H groups in total. The van der Waals surface area contributed by atoms with Gasteiger partial charge < -0.3 is 5.32 Å². The number of nitriles is 1. The molecule has 0 aliphatic carbocycles. The monoisotopic (exact) mass is 485 g/mol. The molecule has 2 amide bonds. The van der Waals surface area contributed by atoms with Crippen molar-refractivity contribution in [2.24, 2.45) is 0 Å². The number of hydrogen-bond acceptors (Lipinski definition) is 6. The maximum atomic E-state index is 14.8. The van der Waals surface area contributed by atoms with Crippen LogP contribution in [0.3, 0.4) is 0 Å². The number of aromatic nitrogens is 4. The third-order valence-corrected chi connectivity index (χ3v) is 5.69. The largest absolute Gasteiger partial charge is 0.322 e. The fourth-order valence-electron chi connectivity index (χ4n) is 3.87. The minimum Gasteiger partial charge on any atom is -0.322 e. The Balaban J connectivity index is 1.39. The summed E-state index contributed by atoms with van der Waals surface area (Å²) >= 11 is 0. The van der Waals surface area contributed by atoms with Crippen molar-refractivity contribution in [1.82, 2.24) is 19.7 Å². The first kappa shape index (κ1) is 22.8. The van der Waals surface area contributed by atoms with Gasteiger partial charge in [0.15, 0.2) is 5.82 Å². The molecule has 5 rings (SSSR count).